The Morgan fingerprint density at radius 3 is 2.67 bits per heavy atom. The van der Waals surface area contributed by atoms with Crippen molar-refractivity contribution in [2.24, 2.45) is 0 Å². The number of hydrogen-bond donors (Lipinski definition) is 0. The predicted molar refractivity (Wildman–Crippen MR) is 56.8 cm³/mol. The van der Waals surface area contributed by atoms with Crippen molar-refractivity contribution < 1.29 is 4.74 Å². The molecule has 1 aliphatic carbocycles. The molecule has 0 radical (unpaired) electrons. The molecule has 0 amide bonds. The number of nitrogens with zero attached hydrogens (tertiary/aromatic N) is 2. The van der Waals surface area contributed by atoms with E-state index < -0.39 is 0 Å². The van der Waals surface area contributed by atoms with Gasteiger partial charge in [-0.15, -0.1) is 0 Å². The molecule has 1 heterocycles. The summed E-state index contributed by atoms with van der Waals surface area (Å²) in [5.74, 6) is 0.602. The van der Waals surface area contributed by atoms with Crippen LogP contribution < -0.4 is 4.74 Å². The summed E-state index contributed by atoms with van der Waals surface area (Å²) in [6.07, 6.45) is 2.33. The van der Waals surface area contributed by atoms with Crippen molar-refractivity contribution in [3.05, 3.63) is 23.0 Å². The second kappa shape index (κ2) is 3.23. The van der Waals surface area contributed by atoms with E-state index in [1.54, 1.807) is 7.11 Å². The molecule has 3 heteroatoms. The molecule has 0 saturated heterocycles. The van der Waals surface area contributed by atoms with Gasteiger partial charge in [-0.05, 0) is 31.4 Å². The lowest BCUT2D eigenvalue weighted by Crippen LogP contribution is -2.07. The van der Waals surface area contributed by atoms with Crippen LogP contribution >= 0.6 is 0 Å². The molecule has 0 unspecified atom stereocenters. The fraction of sp³-hybridized carbons (Fsp3) is 0.500. The number of nitriles is 1. The van der Waals surface area contributed by atoms with Gasteiger partial charge in [0.25, 0.3) is 0 Å². The van der Waals surface area contributed by atoms with Crippen LogP contribution in [0.5, 0.6) is 5.75 Å². The molecule has 1 aromatic heterocycles. The summed E-state index contributed by atoms with van der Waals surface area (Å²) < 4.78 is 5.17. The molecule has 2 rings (SSSR count). The Kier molecular flexibility index (Phi) is 2.15. The number of pyridine rings is 1. The van der Waals surface area contributed by atoms with E-state index in [1.165, 1.54) is 0 Å². The Balaban J connectivity index is 2.54. The number of aromatic nitrogens is 1. The van der Waals surface area contributed by atoms with Crippen LogP contribution in [0.2, 0.25) is 0 Å². The molecule has 0 bridgehead atoms. The SMILES string of the molecule is COc1c(C)cc(C2(C)CC2)nc1C#N. The lowest BCUT2D eigenvalue weighted by Gasteiger charge is -2.12. The Bertz CT molecular complexity index is 442. The molecule has 78 valence electrons. The summed E-state index contributed by atoms with van der Waals surface area (Å²) in [6.45, 7) is 4.14. The van der Waals surface area contributed by atoms with Crippen LogP contribution in [-0.4, -0.2) is 12.1 Å². The van der Waals surface area contributed by atoms with Gasteiger partial charge >= 0.3 is 0 Å². The topological polar surface area (TPSA) is 45.9 Å². The monoisotopic (exact) mass is 202 g/mol. The first-order valence-electron chi connectivity index (χ1n) is 5.07. The minimum atomic E-state index is 0.197. The predicted octanol–water partition coefficient (Wildman–Crippen LogP) is 2.32. The van der Waals surface area contributed by atoms with E-state index in [1.807, 2.05) is 13.0 Å². The van der Waals surface area contributed by atoms with Gasteiger partial charge in [0, 0.05) is 11.1 Å². The third-order valence-corrected chi connectivity index (χ3v) is 3.09. The molecular weight excluding hydrogens is 188 g/mol. The van der Waals surface area contributed by atoms with Crippen molar-refractivity contribution in [3.8, 4) is 11.8 Å². The van der Waals surface area contributed by atoms with Gasteiger partial charge in [0.1, 0.15) is 6.07 Å². The van der Waals surface area contributed by atoms with E-state index in [0.29, 0.717) is 11.4 Å². The zero-order chi connectivity index (χ0) is 11.1. The zero-order valence-corrected chi connectivity index (χ0v) is 9.29. The highest BCUT2D eigenvalue weighted by Crippen LogP contribution is 2.47. The normalized spacial score (nSPS) is 16.9. The summed E-state index contributed by atoms with van der Waals surface area (Å²) in [7, 11) is 1.57. The van der Waals surface area contributed by atoms with Gasteiger partial charge in [-0.1, -0.05) is 6.92 Å². The highest BCUT2D eigenvalue weighted by atomic mass is 16.5. The van der Waals surface area contributed by atoms with Crippen LogP contribution in [-0.2, 0) is 5.41 Å². The first-order valence-corrected chi connectivity index (χ1v) is 5.07. The van der Waals surface area contributed by atoms with Crippen molar-refractivity contribution >= 4 is 0 Å². The fourth-order valence-corrected chi connectivity index (χ4v) is 1.75. The largest absolute Gasteiger partial charge is 0.493 e. The first-order chi connectivity index (χ1) is 7.10. The van der Waals surface area contributed by atoms with Gasteiger partial charge in [-0.3, -0.25) is 0 Å². The number of rotatable bonds is 2. The zero-order valence-electron chi connectivity index (χ0n) is 9.29. The Labute approximate surface area is 89.7 Å². The van der Waals surface area contributed by atoms with Crippen LogP contribution in [0.1, 0.15) is 36.7 Å². The van der Waals surface area contributed by atoms with Gasteiger partial charge in [-0.25, -0.2) is 4.98 Å². The smallest absolute Gasteiger partial charge is 0.183 e. The molecule has 3 nitrogen and oxygen atoms in total. The van der Waals surface area contributed by atoms with E-state index in [-0.39, 0.29) is 5.41 Å². The summed E-state index contributed by atoms with van der Waals surface area (Å²) in [4.78, 5) is 4.37. The minimum Gasteiger partial charge on any atom is -0.493 e. The Morgan fingerprint density at radius 1 is 1.53 bits per heavy atom. The van der Waals surface area contributed by atoms with E-state index >= 15 is 0 Å². The van der Waals surface area contributed by atoms with Crippen LogP contribution in [0.3, 0.4) is 0 Å². The van der Waals surface area contributed by atoms with E-state index in [2.05, 4.69) is 18.0 Å². The molecule has 0 aliphatic heterocycles. The number of ether oxygens (including phenoxy) is 1. The summed E-state index contributed by atoms with van der Waals surface area (Å²) in [6, 6.07) is 4.13. The molecule has 0 aromatic carbocycles. The van der Waals surface area contributed by atoms with Crippen molar-refractivity contribution in [3.63, 3.8) is 0 Å². The molecule has 1 saturated carbocycles. The van der Waals surface area contributed by atoms with E-state index in [0.717, 1.165) is 24.1 Å². The molecule has 1 aromatic rings. The van der Waals surface area contributed by atoms with Gasteiger partial charge in [0.05, 0.1) is 7.11 Å². The van der Waals surface area contributed by atoms with Crippen molar-refractivity contribution in [2.45, 2.75) is 32.1 Å². The fourth-order valence-electron chi connectivity index (χ4n) is 1.75. The van der Waals surface area contributed by atoms with Crippen LogP contribution in [0.25, 0.3) is 0 Å². The van der Waals surface area contributed by atoms with Crippen molar-refractivity contribution in [1.29, 1.82) is 5.26 Å². The summed E-state index contributed by atoms with van der Waals surface area (Å²) in [5.41, 5.74) is 2.62. The molecule has 1 fully saturated rings. The molecule has 0 N–H and O–H groups in total. The average Bonchev–Trinajstić information content (AvgIpc) is 2.96. The summed E-state index contributed by atoms with van der Waals surface area (Å²) in [5, 5.41) is 8.99. The Hall–Kier alpha value is -1.56. The number of aryl methyl sites for hydroxylation is 1. The van der Waals surface area contributed by atoms with E-state index in [9.17, 15) is 0 Å². The lowest BCUT2D eigenvalue weighted by atomic mass is 10.0. The second-order valence-electron chi connectivity index (χ2n) is 4.38. The molecule has 15 heavy (non-hydrogen) atoms. The van der Waals surface area contributed by atoms with E-state index in [4.69, 9.17) is 10.00 Å². The maximum Gasteiger partial charge on any atom is 0.183 e. The maximum absolute atomic E-state index is 8.99. The van der Waals surface area contributed by atoms with Crippen LogP contribution in [0, 0.1) is 18.3 Å². The first kappa shape index (κ1) is 9.97. The second-order valence-corrected chi connectivity index (χ2v) is 4.38. The van der Waals surface area contributed by atoms with Gasteiger partial charge < -0.3 is 4.74 Å². The molecular formula is C12H14N2O. The van der Waals surface area contributed by atoms with Crippen molar-refractivity contribution in [1.82, 2.24) is 4.98 Å². The Morgan fingerprint density at radius 2 is 2.20 bits per heavy atom. The highest BCUT2D eigenvalue weighted by Gasteiger charge is 2.41. The third kappa shape index (κ3) is 1.56. The standard InChI is InChI=1S/C12H14N2O/c1-8-6-10(12(2)4-5-12)14-9(7-13)11(8)15-3/h6H,4-5H2,1-3H3. The van der Waals surface area contributed by atoms with Gasteiger partial charge in [0.15, 0.2) is 11.4 Å². The number of hydrogen-bond acceptors (Lipinski definition) is 3. The summed E-state index contributed by atoms with van der Waals surface area (Å²) >= 11 is 0. The molecule has 1 aliphatic rings. The molecule has 0 spiro atoms. The van der Waals surface area contributed by atoms with Crippen LogP contribution in [0.4, 0.5) is 0 Å². The maximum atomic E-state index is 8.99. The third-order valence-electron chi connectivity index (χ3n) is 3.09. The van der Waals surface area contributed by atoms with Crippen LogP contribution in [0.15, 0.2) is 6.07 Å². The highest BCUT2D eigenvalue weighted by molar-refractivity contribution is 5.46. The quantitative estimate of drug-likeness (QED) is 0.739. The number of methoxy groups -OCH3 is 1. The lowest BCUT2D eigenvalue weighted by molar-refractivity contribution is 0.407. The van der Waals surface area contributed by atoms with Gasteiger partial charge in [0.2, 0.25) is 0 Å². The minimum absolute atomic E-state index is 0.197. The molecule has 0 atom stereocenters. The van der Waals surface area contributed by atoms with Gasteiger partial charge in [-0.2, -0.15) is 5.26 Å². The average molecular weight is 202 g/mol. The van der Waals surface area contributed by atoms with Crippen molar-refractivity contribution in [2.75, 3.05) is 7.11 Å².